The highest BCUT2D eigenvalue weighted by atomic mass is 32.1. The average molecular weight is 266 g/mol. The molecule has 0 aromatic carbocycles. The molecule has 1 saturated carbocycles. The first-order chi connectivity index (χ1) is 8.84. The Bertz CT molecular complexity index is 364. The lowest BCUT2D eigenvalue weighted by Gasteiger charge is -2.45. The summed E-state index contributed by atoms with van der Waals surface area (Å²) in [6.07, 6.45) is 7.18. The van der Waals surface area contributed by atoms with Crippen LogP contribution in [0.3, 0.4) is 0 Å². The second-order valence-electron chi connectivity index (χ2n) is 5.42. The Morgan fingerprint density at radius 3 is 2.50 bits per heavy atom. The summed E-state index contributed by atoms with van der Waals surface area (Å²) in [7, 11) is 0. The Morgan fingerprint density at radius 1 is 1.22 bits per heavy atom. The van der Waals surface area contributed by atoms with Gasteiger partial charge < -0.3 is 10.6 Å². The maximum absolute atomic E-state index is 6.06. The summed E-state index contributed by atoms with van der Waals surface area (Å²) in [5.41, 5.74) is 6.38. The monoisotopic (exact) mass is 266 g/mol. The van der Waals surface area contributed by atoms with Crippen molar-refractivity contribution in [3.05, 3.63) is 11.6 Å². The normalized spacial score (nSPS) is 24.6. The fraction of sp³-hybridized carbons (Fsp3) is 0.769. The van der Waals surface area contributed by atoms with E-state index in [1.54, 1.807) is 11.3 Å². The van der Waals surface area contributed by atoms with Crippen LogP contribution in [0.2, 0.25) is 0 Å². The minimum absolute atomic E-state index is 0.314. The molecule has 1 aromatic rings. The van der Waals surface area contributed by atoms with Gasteiger partial charge in [0, 0.05) is 49.8 Å². The molecule has 0 atom stereocenters. The lowest BCUT2D eigenvalue weighted by Crippen LogP contribution is -2.59. The zero-order valence-electron chi connectivity index (χ0n) is 10.8. The minimum atomic E-state index is 0.314. The van der Waals surface area contributed by atoms with Crippen molar-refractivity contribution in [1.82, 2.24) is 9.88 Å². The van der Waals surface area contributed by atoms with Crippen LogP contribution in [0.4, 0.5) is 5.13 Å². The van der Waals surface area contributed by atoms with Crippen LogP contribution in [0.1, 0.15) is 25.7 Å². The third kappa shape index (κ3) is 2.15. The zero-order chi connectivity index (χ0) is 12.4. The van der Waals surface area contributed by atoms with Crippen LogP contribution in [-0.4, -0.2) is 48.1 Å². The van der Waals surface area contributed by atoms with Gasteiger partial charge in [-0.15, -0.1) is 11.3 Å². The van der Waals surface area contributed by atoms with Gasteiger partial charge in [-0.25, -0.2) is 4.98 Å². The summed E-state index contributed by atoms with van der Waals surface area (Å²) in [5, 5.41) is 3.22. The summed E-state index contributed by atoms with van der Waals surface area (Å²) in [6.45, 7) is 5.28. The maximum atomic E-state index is 6.06. The Kier molecular flexibility index (Phi) is 3.54. The summed E-state index contributed by atoms with van der Waals surface area (Å²) in [4.78, 5) is 9.45. The van der Waals surface area contributed by atoms with E-state index in [1.165, 1.54) is 30.8 Å². The Hall–Kier alpha value is -0.650. The lowest BCUT2D eigenvalue weighted by atomic mass is 9.94. The molecule has 0 spiro atoms. The van der Waals surface area contributed by atoms with Gasteiger partial charge in [-0.3, -0.25) is 4.90 Å². The molecule has 2 heterocycles. The van der Waals surface area contributed by atoms with Crippen LogP contribution >= 0.6 is 11.3 Å². The van der Waals surface area contributed by atoms with Crippen molar-refractivity contribution in [2.75, 3.05) is 37.6 Å². The Labute approximate surface area is 113 Å². The van der Waals surface area contributed by atoms with Crippen LogP contribution in [0, 0.1) is 0 Å². The van der Waals surface area contributed by atoms with E-state index < -0.39 is 0 Å². The standard InChI is InChI=1S/C13H22N4S/c14-11-13(3-1-2-4-13)17-8-6-16(7-9-17)12-15-5-10-18-12/h5,10H,1-4,6-9,11,14H2. The topological polar surface area (TPSA) is 45.4 Å². The molecule has 18 heavy (non-hydrogen) atoms. The molecule has 1 aliphatic carbocycles. The molecular weight excluding hydrogens is 244 g/mol. The van der Waals surface area contributed by atoms with Crippen LogP contribution in [0.5, 0.6) is 0 Å². The first kappa shape index (κ1) is 12.4. The van der Waals surface area contributed by atoms with E-state index in [-0.39, 0.29) is 0 Å². The van der Waals surface area contributed by atoms with E-state index in [0.717, 1.165) is 32.7 Å². The number of hydrogen-bond donors (Lipinski definition) is 1. The van der Waals surface area contributed by atoms with Crippen molar-refractivity contribution in [3.63, 3.8) is 0 Å². The lowest BCUT2D eigenvalue weighted by molar-refractivity contribution is 0.0920. The van der Waals surface area contributed by atoms with E-state index in [2.05, 4.69) is 20.2 Å². The highest BCUT2D eigenvalue weighted by Gasteiger charge is 2.39. The molecule has 1 saturated heterocycles. The molecule has 2 aliphatic rings. The Balaban J connectivity index is 1.63. The summed E-state index contributed by atoms with van der Waals surface area (Å²) in [6, 6.07) is 0. The summed E-state index contributed by atoms with van der Waals surface area (Å²) >= 11 is 1.74. The number of rotatable bonds is 3. The molecule has 0 bridgehead atoms. The molecule has 2 N–H and O–H groups in total. The van der Waals surface area contributed by atoms with Gasteiger partial charge >= 0.3 is 0 Å². The number of piperazine rings is 1. The van der Waals surface area contributed by atoms with Crippen molar-refractivity contribution < 1.29 is 0 Å². The number of thiazole rings is 1. The molecule has 1 aliphatic heterocycles. The van der Waals surface area contributed by atoms with Crippen LogP contribution in [0.15, 0.2) is 11.6 Å². The Morgan fingerprint density at radius 2 is 1.94 bits per heavy atom. The van der Waals surface area contributed by atoms with Crippen LogP contribution in [-0.2, 0) is 0 Å². The number of aromatic nitrogens is 1. The molecule has 5 heteroatoms. The van der Waals surface area contributed by atoms with Crippen molar-refractivity contribution in [2.45, 2.75) is 31.2 Å². The van der Waals surface area contributed by atoms with Crippen molar-refractivity contribution in [1.29, 1.82) is 0 Å². The molecule has 2 fully saturated rings. The molecule has 0 radical (unpaired) electrons. The predicted octanol–water partition coefficient (Wildman–Crippen LogP) is 1.54. The van der Waals surface area contributed by atoms with E-state index in [9.17, 15) is 0 Å². The van der Waals surface area contributed by atoms with Crippen LogP contribution < -0.4 is 10.6 Å². The minimum Gasteiger partial charge on any atom is -0.346 e. The number of hydrogen-bond acceptors (Lipinski definition) is 5. The highest BCUT2D eigenvalue weighted by Crippen LogP contribution is 2.35. The fourth-order valence-electron chi connectivity index (χ4n) is 3.43. The van der Waals surface area contributed by atoms with E-state index in [4.69, 9.17) is 5.73 Å². The summed E-state index contributed by atoms with van der Waals surface area (Å²) < 4.78 is 0. The molecule has 1 aromatic heterocycles. The molecule has 0 unspecified atom stereocenters. The van der Waals surface area contributed by atoms with E-state index in [0.29, 0.717) is 5.54 Å². The maximum Gasteiger partial charge on any atom is 0.185 e. The van der Waals surface area contributed by atoms with Gasteiger partial charge in [-0.2, -0.15) is 0 Å². The second kappa shape index (κ2) is 5.15. The molecule has 100 valence electrons. The van der Waals surface area contributed by atoms with Gasteiger partial charge in [0.2, 0.25) is 0 Å². The SMILES string of the molecule is NCC1(N2CCN(c3nccs3)CC2)CCCC1. The van der Waals surface area contributed by atoms with Crippen LogP contribution in [0.25, 0.3) is 0 Å². The third-order valence-corrected chi connectivity index (χ3v) is 5.39. The molecular formula is C13H22N4S. The smallest absolute Gasteiger partial charge is 0.185 e. The van der Waals surface area contributed by atoms with Gasteiger partial charge in [0.05, 0.1) is 0 Å². The van der Waals surface area contributed by atoms with Gasteiger partial charge in [0.25, 0.3) is 0 Å². The third-order valence-electron chi connectivity index (χ3n) is 4.55. The first-order valence-corrected chi connectivity index (χ1v) is 7.82. The largest absolute Gasteiger partial charge is 0.346 e. The van der Waals surface area contributed by atoms with Gasteiger partial charge in [0.15, 0.2) is 5.13 Å². The zero-order valence-corrected chi connectivity index (χ0v) is 11.7. The van der Waals surface area contributed by atoms with Crippen molar-refractivity contribution in [2.24, 2.45) is 5.73 Å². The van der Waals surface area contributed by atoms with Gasteiger partial charge in [-0.1, -0.05) is 12.8 Å². The molecule has 4 nitrogen and oxygen atoms in total. The van der Waals surface area contributed by atoms with E-state index >= 15 is 0 Å². The van der Waals surface area contributed by atoms with E-state index in [1.807, 2.05) is 6.20 Å². The molecule has 0 amide bonds. The fourth-order valence-corrected chi connectivity index (χ4v) is 4.12. The number of anilines is 1. The van der Waals surface area contributed by atoms with Gasteiger partial charge in [-0.05, 0) is 12.8 Å². The molecule has 3 rings (SSSR count). The number of nitrogens with zero attached hydrogens (tertiary/aromatic N) is 3. The predicted molar refractivity (Wildman–Crippen MR) is 76.2 cm³/mol. The first-order valence-electron chi connectivity index (χ1n) is 6.94. The van der Waals surface area contributed by atoms with Crippen molar-refractivity contribution in [3.8, 4) is 0 Å². The number of nitrogens with two attached hydrogens (primary N) is 1. The second-order valence-corrected chi connectivity index (χ2v) is 6.30. The highest BCUT2D eigenvalue weighted by molar-refractivity contribution is 7.13. The van der Waals surface area contributed by atoms with Gasteiger partial charge in [0.1, 0.15) is 0 Å². The quantitative estimate of drug-likeness (QED) is 0.901. The summed E-state index contributed by atoms with van der Waals surface area (Å²) in [5.74, 6) is 0. The average Bonchev–Trinajstić information content (AvgIpc) is 3.11. The van der Waals surface area contributed by atoms with Crippen molar-refractivity contribution >= 4 is 16.5 Å².